The van der Waals surface area contributed by atoms with Crippen LogP contribution in [-0.2, 0) is 12.0 Å². The van der Waals surface area contributed by atoms with Gasteiger partial charge in [0, 0.05) is 34.4 Å². The molecule has 5 aromatic rings. The minimum atomic E-state index is -0.399. The summed E-state index contributed by atoms with van der Waals surface area (Å²) in [5.74, 6) is -0.959. The van der Waals surface area contributed by atoms with E-state index in [2.05, 4.69) is 55.7 Å². The lowest BCUT2D eigenvalue weighted by molar-refractivity contribution is 0.101. The molecule has 6 heteroatoms. The van der Waals surface area contributed by atoms with E-state index in [1.807, 2.05) is 59.2 Å². The number of aromatic nitrogens is 1. The summed E-state index contributed by atoms with van der Waals surface area (Å²) in [6.45, 7) is 7.05. The van der Waals surface area contributed by atoms with E-state index in [0.29, 0.717) is 29.2 Å². The molecule has 0 aliphatic heterocycles. The van der Waals surface area contributed by atoms with Crippen LogP contribution in [0, 0.1) is 5.82 Å². The first-order valence-electron chi connectivity index (χ1n) is 12.8. The summed E-state index contributed by atoms with van der Waals surface area (Å²) in [5.41, 5.74) is 5.39. The van der Waals surface area contributed by atoms with Gasteiger partial charge in [0.2, 0.25) is 0 Å². The molecule has 0 saturated heterocycles. The Balaban J connectivity index is 1.49. The van der Waals surface area contributed by atoms with Crippen LogP contribution in [0.25, 0.3) is 10.9 Å². The Kier molecular flexibility index (Phi) is 7.03. The van der Waals surface area contributed by atoms with Gasteiger partial charge in [0.05, 0.1) is 0 Å². The molecule has 2 amide bonds. The van der Waals surface area contributed by atoms with Crippen molar-refractivity contribution in [3.05, 3.63) is 131 Å². The number of para-hydroxylation sites is 1. The fourth-order valence-corrected chi connectivity index (χ4v) is 4.52. The number of fused-ring (bicyclic) bond motifs is 1. The molecule has 196 valence electrons. The molecule has 0 aliphatic rings. The Morgan fingerprint density at radius 1 is 0.744 bits per heavy atom. The Bertz CT molecular complexity index is 1630. The fraction of sp³-hybridized carbons (Fsp3) is 0.152. The second kappa shape index (κ2) is 10.6. The smallest absolute Gasteiger partial charge is 0.272 e. The zero-order valence-corrected chi connectivity index (χ0v) is 22.2. The van der Waals surface area contributed by atoms with Gasteiger partial charge in [-0.3, -0.25) is 9.59 Å². The van der Waals surface area contributed by atoms with Crippen molar-refractivity contribution in [2.45, 2.75) is 32.7 Å². The topological polar surface area (TPSA) is 63.1 Å². The van der Waals surface area contributed by atoms with Crippen LogP contribution in [0.1, 0.15) is 52.7 Å². The molecule has 0 radical (unpaired) electrons. The minimum absolute atomic E-state index is 0.0498. The van der Waals surface area contributed by atoms with Crippen LogP contribution >= 0.6 is 0 Å². The number of amides is 2. The monoisotopic (exact) mass is 519 g/mol. The highest BCUT2D eigenvalue weighted by molar-refractivity contribution is 6.08. The molecule has 0 bridgehead atoms. The third-order valence-electron chi connectivity index (χ3n) is 6.69. The highest BCUT2D eigenvalue weighted by Gasteiger charge is 2.18. The minimum Gasteiger partial charge on any atom is -0.332 e. The largest absolute Gasteiger partial charge is 0.332 e. The van der Waals surface area contributed by atoms with Crippen LogP contribution in [0.15, 0.2) is 103 Å². The molecule has 0 unspecified atom stereocenters. The molecular weight excluding hydrogens is 489 g/mol. The summed E-state index contributed by atoms with van der Waals surface area (Å²) in [7, 11) is 0. The first-order valence-corrected chi connectivity index (χ1v) is 12.8. The van der Waals surface area contributed by atoms with Crippen LogP contribution < -0.4 is 10.6 Å². The number of carbonyl (C=O) groups is 2. The van der Waals surface area contributed by atoms with E-state index < -0.39 is 5.82 Å². The molecular formula is C33H30FN3O2. The molecule has 0 spiro atoms. The van der Waals surface area contributed by atoms with Crippen molar-refractivity contribution < 1.29 is 14.0 Å². The Morgan fingerprint density at radius 3 is 2.08 bits per heavy atom. The summed E-state index contributed by atoms with van der Waals surface area (Å²) in [4.78, 5) is 26.1. The van der Waals surface area contributed by atoms with Gasteiger partial charge in [-0.25, -0.2) is 4.39 Å². The van der Waals surface area contributed by atoms with E-state index in [1.165, 1.54) is 29.8 Å². The lowest BCUT2D eigenvalue weighted by atomic mass is 9.87. The molecule has 5 nitrogen and oxygen atoms in total. The number of hydrogen-bond acceptors (Lipinski definition) is 2. The van der Waals surface area contributed by atoms with Crippen LogP contribution in [0.2, 0.25) is 0 Å². The van der Waals surface area contributed by atoms with Gasteiger partial charge < -0.3 is 15.2 Å². The molecule has 0 aliphatic carbocycles. The first kappa shape index (κ1) is 25.9. The fourth-order valence-electron chi connectivity index (χ4n) is 4.52. The lowest BCUT2D eigenvalue weighted by Gasteiger charge is -2.19. The zero-order chi connectivity index (χ0) is 27.6. The summed E-state index contributed by atoms with van der Waals surface area (Å²) in [6, 6.07) is 30.6. The van der Waals surface area contributed by atoms with Gasteiger partial charge in [-0.2, -0.15) is 0 Å². The van der Waals surface area contributed by atoms with Gasteiger partial charge in [0.1, 0.15) is 11.5 Å². The Labute approximate surface area is 227 Å². The maximum absolute atomic E-state index is 13.4. The molecule has 4 aromatic carbocycles. The molecule has 1 heterocycles. The lowest BCUT2D eigenvalue weighted by Crippen LogP contribution is -2.17. The molecule has 5 rings (SSSR count). The molecule has 1 aromatic heterocycles. The van der Waals surface area contributed by atoms with Crippen molar-refractivity contribution in [2.24, 2.45) is 0 Å². The van der Waals surface area contributed by atoms with Crippen molar-refractivity contribution in [3.63, 3.8) is 0 Å². The van der Waals surface area contributed by atoms with Crippen LogP contribution in [0.3, 0.4) is 0 Å². The molecule has 2 N–H and O–H groups in total. The summed E-state index contributed by atoms with van der Waals surface area (Å²) >= 11 is 0. The number of benzene rings is 4. The van der Waals surface area contributed by atoms with E-state index in [-0.39, 0.29) is 17.2 Å². The van der Waals surface area contributed by atoms with Crippen molar-refractivity contribution in [1.82, 2.24) is 4.57 Å². The van der Waals surface area contributed by atoms with Gasteiger partial charge in [0.25, 0.3) is 11.8 Å². The maximum atomic E-state index is 13.4. The number of anilines is 2. The molecule has 0 saturated carbocycles. The van der Waals surface area contributed by atoms with Crippen LogP contribution in [0.4, 0.5) is 15.8 Å². The van der Waals surface area contributed by atoms with E-state index in [9.17, 15) is 14.0 Å². The number of rotatable bonds is 6. The molecule has 0 fully saturated rings. The molecule has 0 atom stereocenters. The van der Waals surface area contributed by atoms with Crippen molar-refractivity contribution in [1.29, 1.82) is 0 Å². The zero-order valence-electron chi connectivity index (χ0n) is 22.2. The van der Waals surface area contributed by atoms with E-state index in [1.54, 1.807) is 0 Å². The van der Waals surface area contributed by atoms with Gasteiger partial charge in [-0.1, -0.05) is 63.2 Å². The number of hydrogen-bond donors (Lipinski definition) is 2. The van der Waals surface area contributed by atoms with Crippen molar-refractivity contribution >= 4 is 34.1 Å². The second-order valence-corrected chi connectivity index (χ2v) is 10.6. The second-order valence-electron chi connectivity index (χ2n) is 10.6. The van der Waals surface area contributed by atoms with Gasteiger partial charge >= 0.3 is 0 Å². The SMILES string of the molecule is CC(C)(C)c1ccc(Cn2c(C(=O)Nc3ccccc3)cc3cc(NC(=O)c4ccc(F)cc4)ccc32)cc1. The highest BCUT2D eigenvalue weighted by atomic mass is 19.1. The van der Waals surface area contributed by atoms with Crippen LogP contribution in [-0.4, -0.2) is 16.4 Å². The number of nitrogens with zero attached hydrogens (tertiary/aromatic N) is 1. The van der Waals surface area contributed by atoms with Crippen LogP contribution in [0.5, 0.6) is 0 Å². The average molecular weight is 520 g/mol. The van der Waals surface area contributed by atoms with Gasteiger partial charge in [0.15, 0.2) is 0 Å². The highest BCUT2D eigenvalue weighted by Crippen LogP contribution is 2.27. The average Bonchev–Trinajstić information content (AvgIpc) is 3.27. The number of halogens is 1. The predicted octanol–water partition coefficient (Wildman–Crippen LogP) is 7.63. The summed E-state index contributed by atoms with van der Waals surface area (Å²) < 4.78 is 15.2. The standard InChI is InChI=1S/C33H30FN3O2/c1-33(2,3)25-13-9-22(10-14-25)21-37-29-18-17-28(36-31(38)23-11-15-26(34)16-12-23)19-24(29)20-30(37)32(39)35-27-7-5-4-6-8-27/h4-20H,21H2,1-3H3,(H,35,39)(H,36,38). The summed E-state index contributed by atoms with van der Waals surface area (Å²) in [5, 5.41) is 6.67. The third kappa shape index (κ3) is 5.91. The van der Waals surface area contributed by atoms with Gasteiger partial charge in [-0.15, -0.1) is 0 Å². The van der Waals surface area contributed by atoms with E-state index in [4.69, 9.17) is 0 Å². The van der Waals surface area contributed by atoms with E-state index in [0.717, 1.165) is 16.5 Å². The number of nitrogens with one attached hydrogen (secondary N) is 2. The predicted molar refractivity (Wildman–Crippen MR) is 155 cm³/mol. The quantitative estimate of drug-likeness (QED) is 0.242. The third-order valence-corrected chi connectivity index (χ3v) is 6.69. The van der Waals surface area contributed by atoms with Gasteiger partial charge in [-0.05, 0) is 77.2 Å². The van der Waals surface area contributed by atoms with Crippen molar-refractivity contribution in [3.8, 4) is 0 Å². The Hall–Kier alpha value is -4.71. The Morgan fingerprint density at radius 2 is 1.41 bits per heavy atom. The normalized spacial score (nSPS) is 11.4. The first-order chi connectivity index (χ1) is 18.7. The summed E-state index contributed by atoms with van der Waals surface area (Å²) in [6.07, 6.45) is 0. The van der Waals surface area contributed by atoms with Crippen molar-refractivity contribution in [2.75, 3.05) is 10.6 Å². The number of carbonyl (C=O) groups excluding carboxylic acids is 2. The maximum Gasteiger partial charge on any atom is 0.272 e. The molecule has 39 heavy (non-hydrogen) atoms. The van der Waals surface area contributed by atoms with E-state index >= 15 is 0 Å².